The number of nitrogens with zero attached hydrogens (tertiary/aromatic N) is 2. The number of hydrogen-bond donors (Lipinski definition) is 1. The first-order valence-electron chi connectivity index (χ1n) is 8.81. The summed E-state index contributed by atoms with van der Waals surface area (Å²) in [6, 6.07) is 5.90. The van der Waals surface area contributed by atoms with E-state index in [1.807, 2.05) is 19.1 Å². The van der Waals surface area contributed by atoms with Crippen LogP contribution in [0.1, 0.15) is 30.9 Å². The van der Waals surface area contributed by atoms with E-state index in [9.17, 15) is 9.59 Å². The first-order valence-corrected chi connectivity index (χ1v) is 8.81. The van der Waals surface area contributed by atoms with Crippen LogP contribution >= 0.6 is 0 Å². The van der Waals surface area contributed by atoms with Crippen LogP contribution in [0.3, 0.4) is 0 Å². The van der Waals surface area contributed by atoms with Crippen LogP contribution in [0.2, 0.25) is 0 Å². The van der Waals surface area contributed by atoms with Crippen molar-refractivity contribution in [3.05, 3.63) is 29.3 Å². The lowest BCUT2D eigenvalue weighted by molar-refractivity contribution is -0.132. The van der Waals surface area contributed by atoms with Gasteiger partial charge in [0.05, 0.1) is 7.11 Å². The zero-order valence-corrected chi connectivity index (χ0v) is 15.5. The molecule has 2 fully saturated rings. The molecule has 0 aliphatic carbocycles. The van der Waals surface area contributed by atoms with E-state index in [0.717, 1.165) is 43.8 Å². The van der Waals surface area contributed by atoms with E-state index in [2.05, 4.69) is 23.2 Å². The summed E-state index contributed by atoms with van der Waals surface area (Å²) in [6.07, 6.45) is 1.96. The molecule has 1 N–H and O–H groups in total. The van der Waals surface area contributed by atoms with Crippen LogP contribution in [-0.4, -0.2) is 54.5 Å². The molecule has 1 aromatic carbocycles. The van der Waals surface area contributed by atoms with Crippen LogP contribution in [0.5, 0.6) is 5.75 Å². The van der Waals surface area contributed by atoms with Crippen LogP contribution in [0.15, 0.2) is 18.2 Å². The fourth-order valence-corrected chi connectivity index (χ4v) is 4.02. The molecule has 0 unspecified atom stereocenters. The molecule has 1 aromatic rings. The third kappa shape index (κ3) is 3.23. The van der Waals surface area contributed by atoms with E-state index in [1.165, 1.54) is 10.5 Å². The summed E-state index contributed by atoms with van der Waals surface area (Å²) < 4.78 is 5.49. The van der Waals surface area contributed by atoms with Gasteiger partial charge >= 0.3 is 6.03 Å². The Labute approximate surface area is 149 Å². The molecule has 0 radical (unpaired) electrons. The molecule has 2 heterocycles. The number of likely N-dealkylation sites (tertiary alicyclic amines) is 1. The Morgan fingerprint density at radius 3 is 2.76 bits per heavy atom. The average molecular weight is 345 g/mol. The van der Waals surface area contributed by atoms with Crippen LogP contribution < -0.4 is 10.1 Å². The monoisotopic (exact) mass is 345 g/mol. The smallest absolute Gasteiger partial charge is 0.324 e. The van der Waals surface area contributed by atoms with Crippen molar-refractivity contribution in [3.8, 4) is 5.75 Å². The number of hydrogen-bond acceptors (Lipinski definition) is 4. The lowest BCUT2D eigenvalue weighted by atomic mass is 9.80. The summed E-state index contributed by atoms with van der Waals surface area (Å²) in [5, 5.41) is 2.90. The van der Waals surface area contributed by atoms with Gasteiger partial charge in [-0.3, -0.25) is 14.6 Å². The number of likely N-dealkylation sites (N-methyl/N-ethyl adjacent to an activating group) is 1. The quantitative estimate of drug-likeness (QED) is 0.850. The fraction of sp³-hybridized carbons (Fsp3) is 0.579. The number of amides is 3. The highest BCUT2D eigenvalue weighted by molar-refractivity contribution is 6.06. The van der Waals surface area contributed by atoms with Crippen molar-refractivity contribution in [2.45, 2.75) is 38.8 Å². The molecule has 25 heavy (non-hydrogen) atoms. The highest BCUT2D eigenvalue weighted by atomic mass is 16.5. The van der Waals surface area contributed by atoms with Gasteiger partial charge in [-0.05, 0) is 39.3 Å². The Kier molecular flexibility index (Phi) is 4.73. The Balaban J connectivity index is 1.75. The largest absolute Gasteiger partial charge is 0.496 e. The maximum atomic E-state index is 12.6. The number of methoxy groups -OCH3 is 1. The third-order valence-electron chi connectivity index (χ3n) is 5.57. The Morgan fingerprint density at radius 1 is 1.36 bits per heavy atom. The molecule has 2 saturated heterocycles. The minimum absolute atomic E-state index is 0.110. The molecule has 136 valence electrons. The summed E-state index contributed by atoms with van der Waals surface area (Å²) >= 11 is 0. The van der Waals surface area contributed by atoms with Gasteiger partial charge < -0.3 is 10.1 Å². The second kappa shape index (κ2) is 6.67. The van der Waals surface area contributed by atoms with Crippen molar-refractivity contribution in [2.24, 2.45) is 5.92 Å². The minimum atomic E-state index is -0.804. The molecule has 0 bridgehead atoms. The summed E-state index contributed by atoms with van der Waals surface area (Å²) in [6.45, 7) is 6.49. The Morgan fingerprint density at radius 2 is 2.12 bits per heavy atom. The number of imide groups is 1. The van der Waals surface area contributed by atoms with Gasteiger partial charge in [0.15, 0.2) is 0 Å². The first-order chi connectivity index (χ1) is 11.8. The number of benzene rings is 1. The number of carbonyl (C=O) groups excluding carboxylic acids is 2. The van der Waals surface area contributed by atoms with Crippen molar-refractivity contribution in [1.82, 2.24) is 15.1 Å². The van der Waals surface area contributed by atoms with Crippen molar-refractivity contribution in [3.63, 3.8) is 0 Å². The highest BCUT2D eigenvalue weighted by Crippen LogP contribution is 2.33. The Bertz CT molecular complexity index is 690. The number of piperidine rings is 1. The number of aryl methyl sites for hydroxylation is 1. The molecular weight excluding hydrogens is 318 g/mol. The average Bonchev–Trinajstić information content (AvgIpc) is 2.79. The van der Waals surface area contributed by atoms with Gasteiger partial charge in [0.25, 0.3) is 5.91 Å². The highest BCUT2D eigenvalue weighted by Gasteiger charge is 2.51. The van der Waals surface area contributed by atoms with Gasteiger partial charge in [0.1, 0.15) is 11.3 Å². The third-order valence-corrected chi connectivity index (χ3v) is 5.57. The number of ether oxygens (including phenoxy) is 1. The van der Waals surface area contributed by atoms with Crippen molar-refractivity contribution in [1.29, 1.82) is 0 Å². The first kappa shape index (κ1) is 17.7. The van der Waals surface area contributed by atoms with Crippen LogP contribution in [0.4, 0.5) is 4.79 Å². The topological polar surface area (TPSA) is 61.9 Å². The van der Waals surface area contributed by atoms with E-state index in [4.69, 9.17) is 4.74 Å². The van der Waals surface area contributed by atoms with E-state index >= 15 is 0 Å². The molecule has 0 spiro atoms. The predicted octanol–water partition coefficient (Wildman–Crippen LogP) is 2.16. The SMILES string of the molecule is COc1ccc(C)cc1CN1CCC[C@@H]([C@]2(C)NC(=O)N(C)C2=O)C1. The van der Waals surface area contributed by atoms with Crippen LogP contribution in [0, 0.1) is 12.8 Å². The molecule has 2 aliphatic rings. The lowest BCUT2D eigenvalue weighted by Crippen LogP contribution is -2.55. The summed E-state index contributed by atoms with van der Waals surface area (Å²) in [5.41, 5.74) is 1.56. The Hall–Kier alpha value is -2.08. The van der Waals surface area contributed by atoms with Gasteiger partial charge in [0, 0.05) is 31.6 Å². The van der Waals surface area contributed by atoms with Crippen LogP contribution in [0.25, 0.3) is 0 Å². The molecule has 3 rings (SSSR count). The number of urea groups is 1. The molecule has 0 aromatic heterocycles. The maximum Gasteiger partial charge on any atom is 0.324 e. The molecule has 6 nitrogen and oxygen atoms in total. The predicted molar refractivity (Wildman–Crippen MR) is 95.4 cm³/mol. The van der Waals surface area contributed by atoms with E-state index in [0.29, 0.717) is 0 Å². The van der Waals surface area contributed by atoms with Crippen molar-refractivity contribution in [2.75, 3.05) is 27.2 Å². The van der Waals surface area contributed by atoms with E-state index in [-0.39, 0.29) is 17.9 Å². The molecular formula is C19H27N3O3. The van der Waals surface area contributed by atoms with Gasteiger partial charge in [0.2, 0.25) is 0 Å². The molecule has 6 heteroatoms. The summed E-state index contributed by atoms with van der Waals surface area (Å²) in [7, 11) is 3.23. The summed E-state index contributed by atoms with van der Waals surface area (Å²) in [5.74, 6) is 0.875. The zero-order chi connectivity index (χ0) is 18.2. The standard InChI is InChI=1S/C19H27N3O3/c1-13-7-8-16(25-4)14(10-13)11-22-9-5-6-15(12-22)19(2)17(23)21(3)18(24)20-19/h7-8,10,15H,5-6,9,11-12H2,1-4H3,(H,20,24)/t15-,19+/m1/s1. The number of rotatable bonds is 4. The summed E-state index contributed by atoms with van der Waals surface area (Å²) in [4.78, 5) is 28.0. The van der Waals surface area contributed by atoms with Crippen molar-refractivity contribution < 1.29 is 14.3 Å². The molecule has 2 aliphatic heterocycles. The second-order valence-corrected chi connectivity index (χ2v) is 7.39. The molecule has 2 atom stereocenters. The normalized spacial score (nSPS) is 27.5. The molecule has 3 amide bonds. The van der Waals surface area contributed by atoms with E-state index in [1.54, 1.807) is 14.2 Å². The van der Waals surface area contributed by atoms with Crippen LogP contribution in [-0.2, 0) is 11.3 Å². The number of carbonyl (C=O) groups is 2. The van der Waals surface area contributed by atoms with Gasteiger partial charge in [-0.25, -0.2) is 4.79 Å². The lowest BCUT2D eigenvalue weighted by Gasteiger charge is -2.39. The second-order valence-electron chi connectivity index (χ2n) is 7.39. The van der Waals surface area contributed by atoms with Crippen molar-refractivity contribution >= 4 is 11.9 Å². The van der Waals surface area contributed by atoms with Gasteiger partial charge in [-0.2, -0.15) is 0 Å². The fourth-order valence-electron chi connectivity index (χ4n) is 4.02. The zero-order valence-electron chi connectivity index (χ0n) is 15.5. The van der Waals surface area contributed by atoms with Gasteiger partial charge in [-0.1, -0.05) is 17.7 Å². The maximum absolute atomic E-state index is 12.6. The van der Waals surface area contributed by atoms with E-state index < -0.39 is 5.54 Å². The minimum Gasteiger partial charge on any atom is -0.496 e. The molecule has 0 saturated carbocycles. The van der Waals surface area contributed by atoms with Gasteiger partial charge in [-0.15, -0.1) is 0 Å². The number of nitrogens with one attached hydrogen (secondary N) is 1.